The largest absolute Gasteiger partial charge is 0.383 e. The highest BCUT2D eigenvalue weighted by molar-refractivity contribution is 6.12. The molecule has 3 heteroatoms. The van der Waals surface area contributed by atoms with Crippen molar-refractivity contribution in [2.75, 3.05) is 28.2 Å². The average molecular weight is 244 g/mol. The number of carbonyl (C=O) groups excluding carboxylic acids is 1. The van der Waals surface area contributed by atoms with Crippen LogP contribution in [0.1, 0.15) is 0 Å². The van der Waals surface area contributed by atoms with Crippen LogP contribution in [-0.2, 0) is 4.79 Å². The number of ketones is 1. The number of Topliss-reactive ketones (excluding diaryl/α,β-unsaturated/α-hetero) is 1. The topological polar surface area (TPSA) is 23.6 Å². The molecule has 2 unspecified atom stereocenters. The van der Waals surface area contributed by atoms with Crippen molar-refractivity contribution in [2.45, 2.75) is 0 Å². The second kappa shape index (κ2) is 4.84. The lowest BCUT2D eigenvalue weighted by Gasteiger charge is -2.17. The predicted octanol–water partition coefficient (Wildman–Crippen LogP) is 1.82. The molecule has 0 aliphatic heterocycles. The summed E-state index contributed by atoms with van der Waals surface area (Å²) in [6, 6.07) is 0. The van der Waals surface area contributed by atoms with Gasteiger partial charge < -0.3 is 9.80 Å². The van der Waals surface area contributed by atoms with Gasteiger partial charge in [0.2, 0.25) is 0 Å². The van der Waals surface area contributed by atoms with Gasteiger partial charge in [-0.15, -0.1) is 0 Å². The van der Waals surface area contributed by atoms with Gasteiger partial charge in [-0.05, 0) is 0 Å². The van der Waals surface area contributed by atoms with Crippen LogP contribution in [0.2, 0.25) is 0 Å². The standard InChI is InChI=1S/C15H20N2O/c1-16(2)9-13-11-7-5-6-8-12(11)14(15(13)18)10-17(3)4/h5-12H,1-4H3. The summed E-state index contributed by atoms with van der Waals surface area (Å²) in [5.41, 5.74) is 1.78. The molecule has 1 fully saturated rings. The highest BCUT2D eigenvalue weighted by Gasteiger charge is 2.40. The van der Waals surface area contributed by atoms with Gasteiger partial charge in [-0.2, -0.15) is 0 Å². The molecule has 0 aromatic heterocycles. The molecule has 3 nitrogen and oxygen atoms in total. The first-order chi connectivity index (χ1) is 8.50. The van der Waals surface area contributed by atoms with Gasteiger partial charge in [-0.1, -0.05) is 24.3 Å². The third-order valence-corrected chi connectivity index (χ3v) is 3.17. The Morgan fingerprint density at radius 2 is 1.28 bits per heavy atom. The summed E-state index contributed by atoms with van der Waals surface area (Å²) in [6.07, 6.45) is 12.2. The molecule has 0 bridgehead atoms. The highest BCUT2D eigenvalue weighted by atomic mass is 16.1. The summed E-state index contributed by atoms with van der Waals surface area (Å²) < 4.78 is 0. The molecule has 96 valence electrons. The van der Waals surface area contributed by atoms with Gasteiger partial charge in [0, 0.05) is 63.6 Å². The summed E-state index contributed by atoms with van der Waals surface area (Å²) in [4.78, 5) is 16.4. The molecule has 0 saturated heterocycles. The molecule has 2 aliphatic rings. The number of hydrogen-bond acceptors (Lipinski definition) is 3. The molecule has 0 aromatic carbocycles. The quantitative estimate of drug-likeness (QED) is 0.692. The summed E-state index contributed by atoms with van der Waals surface area (Å²) in [6.45, 7) is 0. The van der Waals surface area contributed by atoms with Crippen molar-refractivity contribution in [1.29, 1.82) is 0 Å². The molecule has 2 atom stereocenters. The van der Waals surface area contributed by atoms with Gasteiger partial charge in [0.15, 0.2) is 5.78 Å². The van der Waals surface area contributed by atoms with E-state index in [0.29, 0.717) is 0 Å². The van der Waals surface area contributed by atoms with Gasteiger partial charge in [-0.25, -0.2) is 0 Å². The Hall–Kier alpha value is -1.77. The second-order valence-electron chi connectivity index (χ2n) is 5.25. The molecule has 0 radical (unpaired) electrons. The molecule has 2 rings (SSSR count). The van der Waals surface area contributed by atoms with Crippen molar-refractivity contribution in [1.82, 2.24) is 9.80 Å². The summed E-state index contributed by atoms with van der Waals surface area (Å²) >= 11 is 0. The summed E-state index contributed by atoms with van der Waals surface area (Å²) in [7, 11) is 7.80. The Kier molecular flexibility index (Phi) is 3.41. The third kappa shape index (κ3) is 2.26. The molecule has 0 N–H and O–H groups in total. The fraction of sp³-hybridized carbons (Fsp3) is 0.400. The summed E-state index contributed by atoms with van der Waals surface area (Å²) in [5.74, 6) is 0.552. The zero-order valence-corrected chi connectivity index (χ0v) is 11.4. The van der Waals surface area contributed by atoms with Crippen LogP contribution in [0.5, 0.6) is 0 Å². The van der Waals surface area contributed by atoms with Crippen LogP contribution < -0.4 is 0 Å². The van der Waals surface area contributed by atoms with E-state index >= 15 is 0 Å². The molecule has 0 spiro atoms. The van der Waals surface area contributed by atoms with E-state index in [4.69, 9.17) is 0 Å². The molecule has 0 heterocycles. The van der Waals surface area contributed by atoms with Crippen LogP contribution >= 0.6 is 0 Å². The first kappa shape index (κ1) is 12.7. The van der Waals surface area contributed by atoms with Gasteiger partial charge in [0.05, 0.1) is 0 Å². The molecular weight excluding hydrogens is 224 g/mol. The predicted molar refractivity (Wildman–Crippen MR) is 73.8 cm³/mol. The lowest BCUT2D eigenvalue weighted by atomic mass is 9.88. The van der Waals surface area contributed by atoms with Crippen LogP contribution in [0.3, 0.4) is 0 Å². The fourth-order valence-corrected chi connectivity index (χ4v) is 2.52. The minimum Gasteiger partial charge on any atom is -0.383 e. The van der Waals surface area contributed by atoms with Crippen LogP contribution in [0, 0.1) is 11.8 Å². The third-order valence-electron chi connectivity index (χ3n) is 3.17. The Morgan fingerprint density at radius 1 is 0.889 bits per heavy atom. The van der Waals surface area contributed by atoms with Gasteiger partial charge in [0.25, 0.3) is 0 Å². The van der Waals surface area contributed by atoms with Crippen LogP contribution in [-0.4, -0.2) is 43.8 Å². The number of nitrogens with zero attached hydrogens (tertiary/aromatic N) is 2. The average Bonchev–Trinajstić information content (AvgIpc) is 2.54. The maximum Gasteiger partial charge on any atom is 0.189 e. The Morgan fingerprint density at radius 3 is 1.61 bits per heavy atom. The number of hydrogen-bond donors (Lipinski definition) is 0. The van der Waals surface area contributed by atoms with Crippen molar-refractivity contribution in [3.8, 4) is 0 Å². The SMILES string of the molecule is CN(C)C=C1C(=O)C(=CN(C)C)C2C=CC=CC12. The Balaban J connectivity index is 2.45. The van der Waals surface area contributed by atoms with Crippen LogP contribution in [0.25, 0.3) is 0 Å². The van der Waals surface area contributed by atoms with Crippen LogP contribution in [0.4, 0.5) is 0 Å². The number of fused-ring (bicyclic) bond motifs is 1. The van der Waals surface area contributed by atoms with Crippen molar-refractivity contribution in [3.05, 3.63) is 47.9 Å². The Labute approximate surface area is 109 Å². The van der Waals surface area contributed by atoms with E-state index < -0.39 is 0 Å². The van der Waals surface area contributed by atoms with Gasteiger partial charge >= 0.3 is 0 Å². The normalized spacial score (nSPS) is 30.1. The number of rotatable bonds is 2. The van der Waals surface area contributed by atoms with E-state index in [9.17, 15) is 4.79 Å². The Bertz CT molecular complexity index is 425. The minimum atomic E-state index is 0.170. The second-order valence-corrected chi connectivity index (χ2v) is 5.25. The van der Waals surface area contributed by atoms with Crippen molar-refractivity contribution < 1.29 is 4.79 Å². The van der Waals surface area contributed by atoms with Crippen LogP contribution in [0.15, 0.2) is 47.9 Å². The van der Waals surface area contributed by atoms with E-state index in [1.807, 2.05) is 62.5 Å². The van der Waals surface area contributed by atoms with E-state index in [0.717, 1.165) is 11.1 Å². The zero-order chi connectivity index (χ0) is 13.3. The molecular formula is C15H20N2O. The van der Waals surface area contributed by atoms with E-state index in [1.54, 1.807) is 0 Å². The van der Waals surface area contributed by atoms with Crippen molar-refractivity contribution >= 4 is 5.78 Å². The lowest BCUT2D eigenvalue weighted by Crippen LogP contribution is -2.11. The zero-order valence-electron chi connectivity index (χ0n) is 11.4. The first-order valence-corrected chi connectivity index (χ1v) is 6.16. The monoisotopic (exact) mass is 244 g/mol. The van der Waals surface area contributed by atoms with Gasteiger partial charge in [-0.3, -0.25) is 4.79 Å². The first-order valence-electron chi connectivity index (χ1n) is 6.16. The minimum absolute atomic E-state index is 0.170. The number of allylic oxidation sites excluding steroid dienone is 6. The van der Waals surface area contributed by atoms with Crippen molar-refractivity contribution in [2.24, 2.45) is 11.8 Å². The van der Waals surface area contributed by atoms with E-state index in [1.165, 1.54) is 0 Å². The maximum atomic E-state index is 12.5. The molecule has 18 heavy (non-hydrogen) atoms. The maximum absolute atomic E-state index is 12.5. The summed E-state index contributed by atoms with van der Waals surface area (Å²) in [5, 5.41) is 0. The highest BCUT2D eigenvalue weighted by Crippen LogP contribution is 2.41. The molecule has 0 aromatic rings. The molecule has 0 amide bonds. The van der Waals surface area contributed by atoms with Crippen molar-refractivity contribution in [3.63, 3.8) is 0 Å². The molecule has 1 saturated carbocycles. The fourth-order valence-electron chi connectivity index (χ4n) is 2.52. The lowest BCUT2D eigenvalue weighted by molar-refractivity contribution is -0.111. The van der Waals surface area contributed by atoms with E-state index in [-0.39, 0.29) is 17.6 Å². The van der Waals surface area contributed by atoms with Gasteiger partial charge in [0.1, 0.15) is 0 Å². The number of carbonyl (C=O) groups is 1. The van der Waals surface area contributed by atoms with E-state index in [2.05, 4.69) is 12.2 Å². The smallest absolute Gasteiger partial charge is 0.189 e. The molecule has 2 aliphatic carbocycles.